The van der Waals surface area contributed by atoms with E-state index in [1.165, 1.54) is 0 Å². The Kier molecular flexibility index (Phi) is 2.50. The van der Waals surface area contributed by atoms with Gasteiger partial charge in [-0.2, -0.15) is 0 Å². The van der Waals surface area contributed by atoms with Crippen molar-refractivity contribution in [2.24, 2.45) is 11.8 Å². The molecule has 2 rings (SSSR count). The van der Waals surface area contributed by atoms with Crippen LogP contribution in [0.1, 0.15) is 18.6 Å². The number of halogens is 2. The first-order chi connectivity index (χ1) is 6.55. The Hall–Kier alpha value is -0.240. The lowest BCUT2D eigenvalue weighted by Gasteiger charge is -2.10. The van der Waals surface area contributed by atoms with Crippen molar-refractivity contribution in [3.05, 3.63) is 35.9 Å². The van der Waals surface area contributed by atoms with Crippen LogP contribution in [0.4, 0.5) is 0 Å². The lowest BCUT2D eigenvalue weighted by atomic mass is 10.0. The molecule has 3 atom stereocenters. The van der Waals surface area contributed by atoms with Crippen molar-refractivity contribution >= 4 is 23.2 Å². The Labute approximate surface area is 93.7 Å². The number of hydrogen-bond donors (Lipinski definition) is 1. The SMILES string of the molecule is CC1C(C(O)c2ccccc2)C1(Cl)Cl. The van der Waals surface area contributed by atoms with Gasteiger partial charge in [-0.05, 0) is 11.5 Å². The Balaban J connectivity index is 2.16. The van der Waals surface area contributed by atoms with Crippen molar-refractivity contribution in [2.75, 3.05) is 0 Å². The Morgan fingerprint density at radius 2 is 1.79 bits per heavy atom. The van der Waals surface area contributed by atoms with Crippen LogP contribution in [0.25, 0.3) is 0 Å². The molecule has 1 fully saturated rings. The Bertz CT molecular complexity index is 323. The Morgan fingerprint density at radius 1 is 1.29 bits per heavy atom. The minimum Gasteiger partial charge on any atom is -0.388 e. The molecule has 1 nitrogen and oxygen atoms in total. The summed E-state index contributed by atoms with van der Waals surface area (Å²) in [5.41, 5.74) is 0.882. The maximum absolute atomic E-state index is 10.00. The number of hydrogen-bond acceptors (Lipinski definition) is 1. The first-order valence-corrected chi connectivity index (χ1v) is 5.41. The van der Waals surface area contributed by atoms with Crippen molar-refractivity contribution < 1.29 is 5.11 Å². The van der Waals surface area contributed by atoms with Crippen LogP contribution in [0.5, 0.6) is 0 Å². The number of alkyl halides is 2. The molecule has 0 aliphatic heterocycles. The van der Waals surface area contributed by atoms with E-state index in [2.05, 4.69) is 0 Å². The van der Waals surface area contributed by atoms with Crippen LogP contribution >= 0.6 is 23.2 Å². The van der Waals surface area contributed by atoms with E-state index < -0.39 is 10.4 Å². The van der Waals surface area contributed by atoms with E-state index in [-0.39, 0.29) is 11.8 Å². The summed E-state index contributed by atoms with van der Waals surface area (Å²) < 4.78 is -0.755. The third kappa shape index (κ3) is 1.54. The molecule has 0 amide bonds. The molecule has 0 heterocycles. The van der Waals surface area contributed by atoms with E-state index in [1.807, 2.05) is 37.3 Å². The van der Waals surface area contributed by atoms with E-state index in [4.69, 9.17) is 23.2 Å². The summed E-state index contributed by atoms with van der Waals surface area (Å²) in [6.07, 6.45) is -0.554. The van der Waals surface area contributed by atoms with Gasteiger partial charge in [-0.3, -0.25) is 0 Å². The molecule has 0 radical (unpaired) electrons. The third-order valence-corrected chi connectivity index (χ3v) is 4.15. The van der Waals surface area contributed by atoms with Gasteiger partial charge >= 0.3 is 0 Å². The minimum atomic E-state index is -0.755. The zero-order chi connectivity index (χ0) is 10.3. The lowest BCUT2D eigenvalue weighted by Crippen LogP contribution is -2.04. The molecular formula is C11H12Cl2O. The van der Waals surface area contributed by atoms with Gasteiger partial charge in [0.1, 0.15) is 4.33 Å². The average molecular weight is 231 g/mol. The van der Waals surface area contributed by atoms with Gasteiger partial charge in [-0.15, -0.1) is 23.2 Å². The van der Waals surface area contributed by atoms with E-state index in [9.17, 15) is 5.11 Å². The van der Waals surface area contributed by atoms with Crippen molar-refractivity contribution in [2.45, 2.75) is 17.4 Å². The highest BCUT2D eigenvalue weighted by atomic mass is 35.5. The first-order valence-electron chi connectivity index (χ1n) is 4.66. The van der Waals surface area contributed by atoms with Crippen molar-refractivity contribution in [1.29, 1.82) is 0 Å². The second-order valence-corrected chi connectivity index (χ2v) is 5.29. The summed E-state index contributed by atoms with van der Waals surface area (Å²) in [7, 11) is 0. The van der Waals surface area contributed by atoms with Gasteiger partial charge in [0, 0.05) is 5.92 Å². The summed E-state index contributed by atoms with van der Waals surface area (Å²) in [5, 5.41) is 10.00. The van der Waals surface area contributed by atoms with Crippen LogP contribution in [0.15, 0.2) is 30.3 Å². The number of rotatable bonds is 2. The maximum Gasteiger partial charge on any atom is 0.127 e. The van der Waals surface area contributed by atoms with Gasteiger partial charge in [-0.1, -0.05) is 37.3 Å². The summed E-state index contributed by atoms with van der Waals surface area (Å²) in [4.78, 5) is 0. The van der Waals surface area contributed by atoms with Gasteiger partial charge < -0.3 is 5.11 Å². The highest BCUT2D eigenvalue weighted by molar-refractivity contribution is 6.51. The predicted octanol–water partition coefficient (Wildman–Crippen LogP) is 3.16. The normalized spacial score (nSPS) is 31.1. The van der Waals surface area contributed by atoms with E-state index in [0.29, 0.717) is 0 Å². The predicted molar refractivity (Wildman–Crippen MR) is 58.5 cm³/mol. The molecule has 1 aromatic carbocycles. The maximum atomic E-state index is 10.00. The summed E-state index contributed by atoms with van der Waals surface area (Å²) in [6.45, 7) is 1.96. The van der Waals surface area contributed by atoms with E-state index in [1.54, 1.807) is 0 Å². The molecule has 1 saturated carbocycles. The zero-order valence-corrected chi connectivity index (χ0v) is 9.33. The van der Waals surface area contributed by atoms with E-state index >= 15 is 0 Å². The standard InChI is InChI=1S/C11H12Cl2O/c1-7-9(11(7,12)13)10(14)8-5-3-2-4-6-8/h2-7,9-10,14H,1H3. The monoisotopic (exact) mass is 230 g/mol. The molecular weight excluding hydrogens is 219 g/mol. The number of aliphatic hydroxyl groups excluding tert-OH is 1. The second kappa shape index (κ2) is 3.41. The van der Waals surface area contributed by atoms with Gasteiger partial charge in [0.05, 0.1) is 6.10 Å². The van der Waals surface area contributed by atoms with Crippen LogP contribution < -0.4 is 0 Å². The molecule has 0 spiro atoms. The van der Waals surface area contributed by atoms with Crippen LogP contribution in [-0.4, -0.2) is 9.44 Å². The minimum absolute atomic E-state index is 0.0479. The number of benzene rings is 1. The molecule has 76 valence electrons. The molecule has 14 heavy (non-hydrogen) atoms. The fraction of sp³-hybridized carbons (Fsp3) is 0.455. The first kappa shape index (κ1) is 10.3. The molecule has 0 bridgehead atoms. The van der Waals surface area contributed by atoms with Gasteiger partial charge in [-0.25, -0.2) is 0 Å². The van der Waals surface area contributed by atoms with Crippen LogP contribution in [0.3, 0.4) is 0 Å². The number of aliphatic hydroxyl groups is 1. The summed E-state index contributed by atoms with van der Waals surface area (Å²) in [6, 6.07) is 9.49. The van der Waals surface area contributed by atoms with E-state index in [0.717, 1.165) is 5.56 Å². The van der Waals surface area contributed by atoms with Crippen LogP contribution in [0, 0.1) is 11.8 Å². The summed E-state index contributed by atoms with van der Waals surface area (Å²) >= 11 is 12.0. The molecule has 1 aromatic rings. The topological polar surface area (TPSA) is 20.2 Å². The average Bonchev–Trinajstić information content (AvgIpc) is 2.67. The Morgan fingerprint density at radius 3 is 2.21 bits per heavy atom. The molecule has 1 aliphatic carbocycles. The largest absolute Gasteiger partial charge is 0.388 e. The van der Waals surface area contributed by atoms with Crippen molar-refractivity contribution in [3.8, 4) is 0 Å². The highest BCUT2D eigenvalue weighted by Crippen LogP contribution is 2.63. The molecule has 0 aromatic heterocycles. The van der Waals surface area contributed by atoms with Gasteiger partial charge in [0.15, 0.2) is 0 Å². The molecule has 0 saturated heterocycles. The third-order valence-electron chi connectivity index (χ3n) is 2.96. The van der Waals surface area contributed by atoms with Crippen LogP contribution in [0.2, 0.25) is 0 Å². The molecule has 3 unspecified atom stereocenters. The van der Waals surface area contributed by atoms with Gasteiger partial charge in [0.25, 0.3) is 0 Å². The molecule has 3 heteroatoms. The second-order valence-electron chi connectivity index (χ2n) is 3.84. The fourth-order valence-corrected chi connectivity index (χ4v) is 2.61. The highest BCUT2D eigenvalue weighted by Gasteiger charge is 2.63. The van der Waals surface area contributed by atoms with Crippen molar-refractivity contribution in [1.82, 2.24) is 0 Å². The van der Waals surface area contributed by atoms with Crippen LogP contribution in [-0.2, 0) is 0 Å². The molecule has 1 aliphatic rings. The molecule has 1 N–H and O–H groups in total. The fourth-order valence-electron chi connectivity index (χ4n) is 1.85. The van der Waals surface area contributed by atoms with Gasteiger partial charge in [0.2, 0.25) is 0 Å². The smallest absolute Gasteiger partial charge is 0.127 e. The quantitative estimate of drug-likeness (QED) is 0.775. The summed E-state index contributed by atoms with van der Waals surface area (Å²) in [5.74, 6) is 0.106. The lowest BCUT2D eigenvalue weighted by molar-refractivity contribution is 0.147. The van der Waals surface area contributed by atoms with Crippen molar-refractivity contribution in [3.63, 3.8) is 0 Å². The zero-order valence-electron chi connectivity index (χ0n) is 7.82.